The second kappa shape index (κ2) is 5.90. The average Bonchev–Trinajstić information content (AvgIpc) is 3.17. The van der Waals surface area contributed by atoms with Crippen LogP contribution in [-0.4, -0.2) is 50.1 Å². The fourth-order valence-electron chi connectivity index (χ4n) is 2.69. The Morgan fingerprint density at radius 2 is 2.24 bits per heavy atom. The summed E-state index contributed by atoms with van der Waals surface area (Å²) < 4.78 is 1.53. The molecule has 1 amide bonds. The van der Waals surface area contributed by atoms with Crippen LogP contribution in [-0.2, 0) is 0 Å². The highest BCUT2D eigenvalue weighted by Gasteiger charge is 2.27. The summed E-state index contributed by atoms with van der Waals surface area (Å²) >= 11 is 1.42. The molecule has 0 aliphatic carbocycles. The van der Waals surface area contributed by atoms with Crippen LogP contribution in [0.15, 0.2) is 17.8 Å². The van der Waals surface area contributed by atoms with E-state index in [1.54, 1.807) is 0 Å². The van der Waals surface area contributed by atoms with E-state index in [0.29, 0.717) is 10.8 Å². The summed E-state index contributed by atoms with van der Waals surface area (Å²) in [7, 11) is 0. The first-order chi connectivity index (χ1) is 10.2. The monoisotopic (exact) mass is 306 g/mol. The molecule has 3 rings (SSSR count). The fourth-order valence-corrected chi connectivity index (χ4v) is 3.53. The minimum atomic E-state index is 0.0543. The molecule has 21 heavy (non-hydrogen) atoms. The van der Waals surface area contributed by atoms with Crippen molar-refractivity contribution in [3.05, 3.63) is 22.7 Å². The number of nitrogens with two attached hydrogens (primary N) is 1. The van der Waals surface area contributed by atoms with Gasteiger partial charge in [0.2, 0.25) is 0 Å². The predicted octanol–water partition coefficient (Wildman–Crippen LogP) is 0.923. The molecule has 112 valence electrons. The van der Waals surface area contributed by atoms with Crippen LogP contribution in [0, 0.1) is 5.92 Å². The number of tetrazole rings is 1. The van der Waals surface area contributed by atoms with Crippen LogP contribution in [0.2, 0.25) is 0 Å². The molecule has 0 aromatic carbocycles. The Labute approximate surface area is 126 Å². The zero-order chi connectivity index (χ0) is 14.8. The first kappa shape index (κ1) is 14.2. The van der Waals surface area contributed by atoms with E-state index in [1.807, 2.05) is 23.3 Å². The molecule has 8 heteroatoms. The van der Waals surface area contributed by atoms with E-state index in [9.17, 15) is 4.79 Å². The molecule has 7 nitrogen and oxygen atoms in total. The maximum absolute atomic E-state index is 12.7. The summed E-state index contributed by atoms with van der Waals surface area (Å²) in [5, 5.41) is 13.0. The van der Waals surface area contributed by atoms with Crippen LogP contribution in [0.4, 0.5) is 0 Å². The molecule has 1 fully saturated rings. The number of likely N-dealkylation sites (tertiary alicyclic amines) is 1. The highest BCUT2D eigenvalue weighted by Crippen LogP contribution is 2.25. The van der Waals surface area contributed by atoms with Gasteiger partial charge in [-0.2, -0.15) is 4.68 Å². The highest BCUT2D eigenvalue weighted by atomic mass is 32.1. The number of rotatable bonds is 3. The lowest BCUT2D eigenvalue weighted by molar-refractivity contribution is 0.0686. The molecular formula is C13H18N6OS. The Morgan fingerprint density at radius 1 is 1.48 bits per heavy atom. The van der Waals surface area contributed by atoms with Gasteiger partial charge in [-0.15, -0.1) is 16.4 Å². The standard InChI is InChI=1S/C13H18N6OS/c1-9(14)10-2-5-18(6-3-10)13(20)12-11(4-7-21-12)19-8-15-16-17-19/h4,7-10H,2-3,5-6,14H2,1H3. The zero-order valence-corrected chi connectivity index (χ0v) is 12.7. The summed E-state index contributed by atoms with van der Waals surface area (Å²) in [6.45, 7) is 3.56. The lowest BCUT2D eigenvalue weighted by Crippen LogP contribution is -2.42. The molecule has 2 N–H and O–H groups in total. The van der Waals surface area contributed by atoms with E-state index >= 15 is 0 Å². The molecular weight excluding hydrogens is 288 g/mol. The van der Waals surface area contributed by atoms with Crippen molar-refractivity contribution in [1.82, 2.24) is 25.1 Å². The molecule has 0 bridgehead atoms. The van der Waals surface area contributed by atoms with Crippen LogP contribution < -0.4 is 5.73 Å². The molecule has 2 aromatic rings. The van der Waals surface area contributed by atoms with Gasteiger partial charge in [0.15, 0.2) is 0 Å². The Bertz CT molecular complexity index is 600. The van der Waals surface area contributed by atoms with Gasteiger partial charge < -0.3 is 10.6 Å². The second-order valence-corrected chi connectivity index (χ2v) is 6.29. The number of nitrogens with zero attached hydrogens (tertiary/aromatic N) is 5. The Balaban J connectivity index is 1.74. The quantitative estimate of drug-likeness (QED) is 0.911. The van der Waals surface area contributed by atoms with Crippen molar-refractivity contribution in [2.75, 3.05) is 13.1 Å². The van der Waals surface area contributed by atoms with Gasteiger partial charge in [0, 0.05) is 19.1 Å². The number of thiophene rings is 1. The first-order valence-electron chi connectivity index (χ1n) is 7.02. The SMILES string of the molecule is CC(N)C1CCN(C(=O)c2sccc2-n2cnnn2)CC1. The Kier molecular flexibility index (Phi) is 3.98. The van der Waals surface area contributed by atoms with Crippen LogP contribution in [0.1, 0.15) is 29.4 Å². The van der Waals surface area contributed by atoms with Gasteiger partial charge in [0.05, 0.1) is 5.69 Å². The second-order valence-electron chi connectivity index (χ2n) is 5.38. The lowest BCUT2D eigenvalue weighted by atomic mass is 9.91. The van der Waals surface area contributed by atoms with Crippen molar-refractivity contribution >= 4 is 17.2 Å². The molecule has 3 heterocycles. The number of hydrogen-bond donors (Lipinski definition) is 1. The summed E-state index contributed by atoms with van der Waals surface area (Å²) in [4.78, 5) is 15.3. The zero-order valence-electron chi connectivity index (χ0n) is 11.8. The first-order valence-corrected chi connectivity index (χ1v) is 7.90. The van der Waals surface area contributed by atoms with E-state index in [-0.39, 0.29) is 11.9 Å². The van der Waals surface area contributed by atoms with Gasteiger partial charge >= 0.3 is 0 Å². The number of piperidine rings is 1. The normalized spacial score (nSPS) is 17.9. The van der Waals surface area contributed by atoms with Gasteiger partial charge in [-0.05, 0) is 47.6 Å². The third-order valence-corrected chi connectivity index (χ3v) is 4.90. The van der Waals surface area contributed by atoms with Gasteiger partial charge in [-0.3, -0.25) is 4.79 Å². The van der Waals surface area contributed by atoms with Gasteiger partial charge in [0.25, 0.3) is 5.91 Å². The van der Waals surface area contributed by atoms with Gasteiger partial charge in [-0.1, -0.05) is 0 Å². The summed E-state index contributed by atoms with van der Waals surface area (Å²) in [6, 6.07) is 2.06. The average molecular weight is 306 g/mol. The molecule has 1 saturated heterocycles. The van der Waals surface area contributed by atoms with Crippen LogP contribution in [0.25, 0.3) is 5.69 Å². The molecule has 0 saturated carbocycles. The topological polar surface area (TPSA) is 89.9 Å². The molecule has 1 atom stereocenters. The smallest absolute Gasteiger partial charge is 0.266 e. The van der Waals surface area contributed by atoms with Crippen LogP contribution in [0.5, 0.6) is 0 Å². The largest absolute Gasteiger partial charge is 0.338 e. The van der Waals surface area contributed by atoms with Crippen LogP contribution in [0.3, 0.4) is 0 Å². The van der Waals surface area contributed by atoms with Crippen molar-refractivity contribution in [3.8, 4) is 5.69 Å². The van der Waals surface area contributed by atoms with Crippen molar-refractivity contribution in [1.29, 1.82) is 0 Å². The van der Waals surface area contributed by atoms with Crippen molar-refractivity contribution in [2.45, 2.75) is 25.8 Å². The molecule has 2 aromatic heterocycles. The lowest BCUT2D eigenvalue weighted by Gasteiger charge is -2.33. The minimum absolute atomic E-state index is 0.0543. The molecule has 0 radical (unpaired) electrons. The number of carbonyl (C=O) groups excluding carboxylic acids is 1. The Morgan fingerprint density at radius 3 is 2.86 bits per heavy atom. The van der Waals surface area contributed by atoms with Crippen molar-refractivity contribution in [2.24, 2.45) is 11.7 Å². The molecule has 1 unspecified atom stereocenters. The Hall–Kier alpha value is -1.80. The number of aromatic nitrogens is 4. The fraction of sp³-hybridized carbons (Fsp3) is 0.538. The van der Waals surface area contributed by atoms with Crippen molar-refractivity contribution < 1.29 is 4.79 Å². The molecule has 1 aliphatic rings. The summed E-state index contributed by atoms with van der Waals surface area (Å²) in [5.74, 6) is 0.565. The minimum Gasteiger partial charge on any atom is -0.338 e. The third kappa shape index (κ3) is 2.81. The summed E-state index contributed by atoms with van der Waals surface area (Å²) in [6.07, 6.45) is 3.44. The molecule has 0 spiro atoms. The van der Waals surface area contributed by atoms with E-state index in [0.717, 1.165) is 31.6 Å². The van der Waals surface area contributed by atoms with Crippen LogP contribution >= 0.6 is 11.3 Å². The van der Waals surface area contributed by atoms with Crippen molar-refractivity contribution in [3.63, 3.8) is 0 Å². The maximum atomic E-state index is 12.7. The van der Waals surface area contributed by atoms with E-state index in [2.05, 4.69) is 15.5 Å². The highest BCUT2D eigenvalue weighted by molar-refractivity contribution is 7.12. The van der Waals surface area contributed by atoms with Gasteiger partial charge in [0.1, 0.15) is 11.2 Å². The third-order valence-electron chi connectivity index (χ3n) is 4.00. The van der Waals surface area contributed by atoms with Gasteiger partial charge in [-0.25, -0.2) is 0 Å². The number of carbonyl (C=O) groups is 1. The number of amides is 1. The van der Waals surface area contributed by atoms with E-state index in [4.69, 9.17) is 5.73 Å². The van der Waals surface area contributed by atoms with E-state index < -0.39 is 0 Å². The molecule has 1 aliphatic heterocycles. The number of hydrogen-bond acceptors (Lipinski definition) is 6. The predicted molar refractivity (Wildman–Crippen MR) is 79.3 cm³/mol. The summed E-state index contributed by atoms with van der Waals surface area (Å²) in [5.41, 5.74) is 6.68. The maximum Gasteiger partial charge on any atom is 0.266 e. The van der Waals surface area contributed by atoms with E-state index in [1.165, 1.54) is 22.3 Å².